The Balaban J connectivity index is 1.86. The second kappa shape index (κ2) is 8.79. The molecule has 1 aliphatic heterocycles. The minimum atomic E-state index is -0.665. The van der Waals surface area contributed by atoms with Crippen molar-refractivity contribution in [3.63, 3.8) is 0 Å². The highest BCUT2D eigenvalue weighted by atomic mass is 35.5. The van der Waals surface area contributed by atoms with Crippen LogP contribution < -0.4 is 15.0 Å². The average molecular weight is 415 g/mol. The van der Waals surface area contributed by atoms with Gasteiger partial charge in [-0.2, -0.15) is 0 Å². The Morgan fingerprint density at radius 2 is 1.86 bits per heavy atom. The van der Waals surface area contributed by atoms with Gasteiger partial charge in [0.25, 0.3) is 11.8 Å². The topological polar surface area (TPSA) is 84.9 Å². The predicted molar refractivity (Wildman–Crippen MR) is 109 cm³/mol. The third kappa shape index (κ3) is 4.09. The Morgan fingerprint density at radius 1 is 1.10 bits per heavy atom. The molecule has 0 aliphatic carbocycles. The summed E-state index contributed by atoms with van der Waals surface area (Å²) in [6.45, 7) is 2.21. The Bertz CT molecular complexity index is 1000. The van der Waals surface area contributed by atoms with Gasteiger partial charge < -0.3 is 14.8 Å². The number of nitrogens with one attached hydrogen (secondary N) is 1. The van der Waals surface area contributed by atoms with Gasteiger partial charge in [-0.25, -0.2) is 9.69 Å². The number of imide groups is 1. The number of benzene rings is 2. The van der Waals surface area contributed by atoms with Crippen LogP contribution in [0.4, 0.5) is 11.4 Å². The Labute approximate surface area is 172 Å². The second-order valence-corrected chi connectivity index (χ2v) is 6.53. The molecule has 0 saturated carbocycles. The lowest BCUT2D eigenvalue weighted by molar-refractivity contribution is -0.120. The summed E-state index contributed by atoms with van der Waals surface area (Å²) in [5.74, 6) is -1.40. The second-order valence-electron chi connectivity index (χ2n) is 6.15. The van der Waals surface area contributed by atoms with Crippen molar-refractivity contribution in [1.82, 2.24) is 0 Å². The molecule has 2 aromatic carbocycles. The van der Waals surface area contributed by atoms with E-state index >= 15 is 0 Å². The van der Waals surface area contributed by atoms with E-state index in [4.69, 9.17) is 21.1 Å². The van der Waals surface area contributed by atoms with Crippen LogP contribution in [0.25, 0.3) is 0 Å². The number of anilines is 2. The summed E-state index contributed by atoms with van der Waals surface area (Å²) in [7, 11) is 1.45. The van der Waals surface area contributed by atoms with Crippen molar-refractivity contribution in [3.05, 3.63) is 64.8 Å². The van der Waals surface area contributed by atoms with Crippen LogP contribution in [0, 0.1) is 0 Å². The number of hydrogen-bond acceptors (Lipinski definition) is 6. The molecular weight excluding hydrogens is 396 g/mol. The molecule has 0 atom stereocenters. The van der Waals surface area contributed by atoms with Gasteiger partial charge in [0, 0.05) is 5.69 Å². The molecule has 8 heteroatoms. The van der Waals surface area contributed by atoms with E-state index in [1.165, 1.54) is 13.2 Å². The zero-order chi connectivity index (χ0) is 21.0. The molecule has 1 heterocycles. The number of esters is 1. The molecule has 0 radical (unpaired) electrons. The number of ether oxygens (including phenoxy) is 2. The molecule has 3 rings (SSSR count). The monoisotopic (exact) mass is 414 g/mol. The molecule has 150 valence electrons. The smallest absolute Gasteiger partial charge is 0.338 e. The van der Waals surface area contributed by atoms with Crippen molar-refractivity contribution in [2.24, 2.45) is 0 Å². The lowest BCUT2D eigenvalue weighted by Crippen LogP contribution is -2.32. The summed E-state index contributed by atoms with van der Waals surface area (Å²) in [6.07, 6.45) is 0.710. The first kappa shape index (κ1) is 20.4. The largest absolute Gasteiger partial charge is 0.495 e. The van der Waals surface area contributed by atoms with Gasteiger partial charge in [0.1, 0.15) is 16.5 Å². The number of carbonyl (C=O) groups is 3. The number of carbonyl (C=O) groups excluding carboxylic acids is 3. The fourth-order valence-corrected chi connectivity index (χ4v) is 3.00. The zero-order valence-electron chi connectivity index (χ0n) is 15.9. The molecule has 2 aromatic rings. The van der Waals surface area contributed by atoms with Crippen molar-refractivity contribution in [1.29, 1.82) is 0 Å². The molecule has 7 nitrogen and oxygen atoms in total. The van der Waals surface area contributed by atoms with Crippen molar-refractivity contribution in [2.75, 3.05) is 23.9 Å². The summed E-state index contributed by atoms with van der Waals surface area (Å²) in [5, 5.41) is 2.60. The van der Waals surface area contributed by atoms with Gasteiger partial charge in [-0.1, -0.05) is 36.7 Å². The minimum absolute atomic E-state index is 0.0818. The van der Waals surface area contributed by atoms with E-state index in [0.29, 0.717) is 30.0 Å². The van der Waals surface area contributed by atoms with Crippen LogP contribution in [0.15, 0.2) is 59.3 Å². The van der Waals surface area contributed by atoms with Crippen molar-refractivity contribution in [2.45, 2.75) is 13.3 Å². The SMILES string of the molecule is CCCOC(=O)c1cccc(NC2=C(Cl)C(=O)N(c3ccccc3OC)C2=O)c1. The Morgan fingerprint density at radius 3 is 2.59 bits per heavy atom. The molecule has 0 aromatic heterocycles. The van der Waals surface area contributed by atoms with Gasteiger partial charge in [0.15, 0.2) is 0 Å². The van der Waals surface area contributed by atoms with Crippen LogP contribution in [-0.4, -0.2) is 31.5 Å². The van der Waals surface area contributed by atoms with Gasteiger partial charge in [-0.3, -0.25) is 9.59 Å². The van der Waals surface area contributed by atoms with Crippen LogP contribution in [0.1, 0.15) is 23.7 Å². The van der Waals surface area contributed by atoms with E-state index in [2.05, 4.69) is 5.32 Å². The highest BCUT2D eigenvalue weighted by Gasteiger charge is 2.40. The zero-order valence-corrected chi connectivity index (χ0v) is 16.7. The first-order valence-corrected chi connectivity index (χ1v) is 9.31. The van der Waals surface area contributed by atoms with Crippen LogP contribution in [0.5, 0.6) is 5.75 Å². The van der Waals surface area contributed by atoms with Crippen molar-refractivity contribution >= 4 is 40.8 Å². The summed E-state index contributed by atoms with van der Waals surface area (Å²) in [4.78, 5) is 38.5. The van der Waals surface area contributed by atoms with Crippen molar-refractivity contribution in [3.8, 4) is 5.75 Å². The fraction of sp³-hybridized carbons (Fsp3) is 0.190. The van der Waals surface area contributed by atoms with E-state index < -0.39 is 17.8 Å². The standard InChI is InChI=1S/C21H19ClN2O5/c1-3-11-29-21(27)13-7-6-8-14(12-13)23-18-17(22)19(25)24(20(18)26)15-9-4-5-10-16(15)28-2/h4-10,12,23H,3,11H2,1-2H3. The molecule has 0 fully saturated rings. The van der Waals surface area contributed by atoms with Crippen LogP contribution in [0.2, 0.25) is 0 Å². The molecule has 0 saturated heterocycles. The molecule has 1 aliphatic rings. The van der Waals surface area contributed by atoms with E-state index in [1.807, 2.05) is 6.92 Å². The average Bonchev–Trinajstić information content (AvgIpc) is 2.95. The maximum Gasteiger partial charge on any atom is 0.338 e. The van der Waals surface area contributed by atoms with Crippen LogP contribution in [-0.2, 0) is 14.3 Å². The molecule has 0 bridgehead atoms. The van der Waals surface area contributed by atoms with Gasteiger partial charge in [0.05, 0.1) is 25.0 Å². The van der Waals surface area contributed by atoms with Crippen LogP contribution >= 0.6 is 11.6 Å². The summed E-state index contributed by atoms with van der Waals surface area (Å²) in [6, 6.07) is 13.1. The molecule has 0 spiro atoms. The Hall–Kier alpha value is -3.32. The fourth-order valence-electron chi connectivity index (χ4n) is 2.79. The first-order valence-electron chi connectivity index (χ1n) is 8.93. The van der Waals surface area contributed by atoms with Gasteiger partial charge in [-0.15, -0.1) is 0 Å². The highest BCUT2D eigenvalue weighted by Crippen LogP contribution is 2.35. The van der Waals surface area contributed by atoms with E-state index in [1.54, 1.807) is 42.5 Å². The molecule has 1 N–H and O–H groups in total. The number of halogens is 1. The third-order valence-corrected chi connectivity index (χ3v) is 4.51. The molecule has 0 unspecified atom stereocenters. The van der Waals surface area contributed by atoms with Gasteiger partial charge in [0.2, 0.25) is 0 Å². The third-order valence-electron chi connectivity index (χ3n) is 4.16. The van der Waals surface area contributed by atoms with Crippen molar-refractivity contribution < 1.29 is 23.9 Å². The number of rotatable bonds is 7. The lowest BCUT2D eigenvalue weighted by atomic mass is 10.2. The molecule has 29 heavy (non-hydrogen) atoms. The normalized spacial score (nSPS) is 13.7. The number of nitrogens with zero attached hydrogens (tertiary/aromatic N) is 1. The van der Waals surface area contributed by atoms with Gasteiger partial charge >= 0.3 is 5.97 Å². The predicted octanol–water partition coefficient (Wildman–Crippen LogP) is 3.70. The number of para-hydroxylation sites is 2. The minimum Gasteiger partial charge on any atom is -0.495 e. The molecule has 2 amide bonds. The highest BCUT2D eigenvalue weighted by molar-refractivity contribution is 6.53. The van der Waals surface area contributed by atoms with E-state index in [9.17, 15) is 14.4 Å². The van der Waals surface area contributed by atoms with E-state index in [-0.39, 0.29) is 16.4 Å². The first-order chi connectivity index (χ1) is 14.0. The van der Waals surface area contributed by atoms with Crippen LogP contribution in [0.3, 0.4) is 0 Å². The summed E-state index contributed by atoms with van der Waals surface area (Å²) < 4.78 is 10.4. The van der Waals surface area contributed by atoms with Gasteiger partial charge in [-0.05, 0) is 36.8 Å². The maximum atomic E-state index is 12.9. The molecular formula is C21H19ClN2O5. The Kier molecular flexibility index (Phi) is 6.19. The number of hydrogen-bond donors (Lipinski definition) is 1. The number of amides is 2. The van der Waals surface area contributed by atoms with E-state index in [0.717, 1.165) is 4.90 Å². The summed E-state index contributed by atoms with van der Waals surface area (Å²) >= 11 is 6.16. The maximum absolute atomic E-state index is 12.9. The summed E-state index contributed by atoms with van der Waals surface area (Å²) in [5.41, 5.74) is 0.948. The number of methoxy groups -OCH3 is 1. The quantitative estimate of drug-likeness (QED) is 0.549. The lowest BCUT2D eigenvalue weighted by Gasteiger charge is -2.18.